The molecule has 1 heterocycles. The van der Waals surface area contributed by atoms with Gasteiger partial charge in [-0.25, -0.2) is 4.79 Å². The summed E-state index contributed by atoms with van der Waals surface area (Å²) < 4.78 is 0. The molecule has 5 nitrogen and oxygen atoms in total. The van der Waals surface area contributed by atoms with E-state index in [4.69, 9.17) is 10.2 Å². The lowest BCUT2D eigenvalue weighted by Gasteiger charge is -2.13. The topological polar surface area (TPSA) is 82.5 Å². The van der Waals surface area contributed by atoms with Crippen molar-refractivity contribution in [3.05, 3.63) is 24.0 Å². The highest BCUT2D eigenvalue weighted by Crippen LogP contribution is 2.13. The summed E-state index contributed by atoms with van der Waals surface area (Å²) >= 11 is 0. The SMILES string of the molecule is CC(CO)Nc1cnccc1C(=O)O. The maximum atomic E-state index is 10.8. The normalized spacial score (nSPS) is 12.1. The lowest BCUT2D eigenvalue weighted by Crippen LogP contribution is -2.21. The summed E-state index contributed by atoms with van der Waals surface area (Å²) in [6.45, 7) is 1.69. The van der Waals surface area contributed by atoms with E-state index in [0.29, 0.717) is 5.69 Å². The third kappa shape index (κ3) is 2.43. The van der Waals surface area contributed by atoms with Crippen molar-refractivity contribution in [2.24, 2.45) is 0 Å². The fourth-order valence-corrected chi connectivity index (χ4v) is 1.01. The van der Waals surface area contributed by atoms with E-state index in [-0.39, 0.29) is 18.2 Å². The first-order valence-electron chi connectivity index (χ1n) is 4.20. The van der Waals surface area contributed by atoms with Crippen LogP contribution in [0.4, 0.5) is 5.69 Å². The van der Waals surface area contributed by atoms with E-state index in [1.54, 1.807) is 6.92 Å². The Balaban J connectivity index is 2.90. The minimum Gasteiger partial charge on any atom is -0.478 e. The van der Waals surface area contributed by atoms with Crippen molar-refractivity contribution < 1.29 is 15.0 Å². The molecule has 5 heteroatoms. The highest BCUT2D eigenvalue weighted by molar-refractivity contribution is 5.93. The number of carbonyl (C=O) groups is 1. The number of aromatic nitrogens is 1. The molecule has 1 aromatic rings. The zero-order chi connectivity index (χ0) is 10.6. The molecule has 0 saturated carbocycles. The monoisotopic (exact) mass is 196 g/mol. The van der Waals surface area contributed by atoms with Crippen molar-refractivity contribution in [2.75, 3.05) is 11.9 Å². The summed E-state index contributed by atoms with van der Waals surface area (Å²) in [6.07, 6.45) is 2.84. The molecular weight excluding hydrogens is 184 g/mol. The molecule has 0 fully saturated rings. The molecule has 0 aliphatic carbocycles. The van der Waals surface area contributed by atoms with Gasteiger partial charge in [0.2, 0.25) is 0 Å². The molecule has 1 aromatic heterocycles. The summed E-state index contributed by atoms with van der Waals surface area (Å²) in [7, 11) is 0. The maximum Gasteiger partial charge on any atom is 0.337 e. The molecule has 1 unspecified atom stereocenters. The third-order valence-corrected chi connectivity index (χ3v) is 1.73. The average molecular weight is 196 g/mol. The van der Waals surface area contributed by atoms with E-state index >= 15 is 0 Å². The number of aliphatic hydroxyl groups excluding tert-OH is 1. The van der Waals surface area contributed by atoms with Gasteiger partial charge in [0.1, 0.15) is 0 Å². The van der Waals surface area contributed by atoms with Crippen LogP contribution in [0.25, 0.3) is 0 Å². The number of anilines is 1. The van der Waals surface area contributed by atoms with Crippen molar-refractivity contribution in [3.8, 4) is 0 Å². The number of aliphatic hydroxyl groups is 1. The van der Waals surface area contributed by atoms with Crippen LogP contribution in [0.5, 0.6) is 0 Å². The van der Waals surface area contributed by atoms with E-state index in [0.717, 1.165) is 0 Å². The summed E-state index contributed by atoms with van der Waals surface area (Å²) in [4.78, 5) is 14.6. The fraction of sp³-hybridized carbons (Fsp3) is 0.333. The lowest BCUT2D eigenvalue weighted by atomic mass is 10.2. The Morgan fingerprint density at radius 3 is 3.00 bits per heavy atom. The van der Waals surface area contributed by atoms with Gasteiger partial charge in [0.15, 0.2) is 0 Å². The van der Waals surface area contributed by atoms with Gasteiger partial charge in [-0.15, -0.1) is 0 Å². The van der Waals surface area contributed by atoms with Gasteiger partial charge in [-0.1, -0.05) is 0 Å². The van der Waals surface area contributed by atoms with Gasteiger partial charge < -0.3 is 15.5 Å². The molecule has 0 bridgehead atoms. The van der Waals surface area contributed by atoms with Gasteiger partial charge in [0.25, 0.3) is 0 Å². The molecule has 0 saturated heterocycles. The van der Waals surface area contributed by atoms with Crippen LogP contribution in [-0.4, -0.2) is 33.8 Å². The number of aromatic carboxylic acids is 1. The van der Waals surface area contributed by atoms with E-state index in [9.17, 15) is 4.79 Å². The Kier molecular flexibility index (Phi) is 3.41. The van der Waals surface area contributed by atoms with Crippen molar-refractivity contribution in [1.29, 1.82) is 0 Å². The first-order valence-corrected chi connectivity index (χ1v) is 4.20. The Morgan fingerprint density at radius 1 is 1.71 bits per heavy atom. The van der Waals surface area contributed by atoms with Crippen molar-refractivity contribution in [3.63, 3.8) is 0 Å². The van der Waals surface area contributed by atoms with Crippen LogP contribution in [0.1, 0.15) is 17.3 Å². The molecule has 0 amide bonds. The second-order valence-electron chi connectivity index (χ2n) is 2.95. The molecule has 76 valence electrons. The molecule has 14 heavy (non-hydrogen) atoms. The number of rotatable bonds is 4. The first-order chi connectivity index (χ1) is 6.65. The van der Waals surface area contributed by atoms with Crippen LogP contribution in [0, 0.1) is 0 Å². The Morgan fingerprint density at radius 2 is 2.43 bits per heavy atom. The molecule has 0 radical (unpaired) electrons. The van der Waals surface area contributed by atoms with Gasteiger partial charge in [-0.05, 0) is 13.0 Å². The summed E-state index contributed by atoms with van der Waals surface area (Å²) in [5, 5.41) is 20.5. The molecule has 0 spiro atoms. The van der Waals surface area contributed by atoms with Crippen molar-refractivity contribution in [1.82, 2.24) is 4.98 Å². The van der Waals surface area contributed by atoms with E-state index < -0.39 is 5.97 Å². The zero-order valence-electron chi connectivity index (χ0n) is 7.77. The minimum atomic E-state index is -1.01. The highest BCUT2D eigenvalue weighted by Gasteiger charge is 2.10. The molecular formula is C9H12N2O3. The van der Waals surface area contributed by atoms with Crippen molar-refractivity contribution >= 4 is 11.7 Å². The number of hydrogen-bond donors (Lipinski definition) is 3. The summed E-state index contributed by atoms with van der Waals surface area (Å²) in [6, 6.07) is 1.21. The number of carboxylic acid groups (broad SMARTS) is 1. The molecule has 0 aliphatic rings. The second kappa shape index (κ2) is 4.57. The highest BCUT2D eigenvalue weighted by atomic mass is 16.4. The predicted molar refractivity (Wildman–Crippen MR) is 51.4 cm³/mol. The van der Waals surface area contributed by atoms with Crippen LogP contribution in [0.3, 0.4) is 0 Å². The standard InChI is InChI=1S/C9H12N2O3/c1-6(5-12)11-8-4-10-3-2-7(8)9(13)14/h2-4,6,11-12H,5H2,1H3,(H,13,14). The van der Waals surface area contributed by atoms with Crippen LogP contribution < -0.4 is 5.32 Å². The van der Waals surface area contributed by atoms with Crippen LogP contribution in [-0.2, 0) is 0 Å². The van der Waals surface area contributed by atoms with E-state index in [2.05, 4.69) is 10.3 Å². The lowest BCUT2D eigenvalue weighted by molar-refractivity contribution is 0.0697. The van der Waals surface area contributed by atoms with E-state index in [1.807, 2.05) is 0 Å². The van der Waals surface area contributed by atoms with Gasteiger partial charge >= 0.3 is 5.97 Å². The minimum absolute atomic E-state index is 0.0616. The Bertz CT molecular complexity index is 328. The Labute approximate surface area is 81.4 Å². The molecule has 1 rings (SSSR count). The summed E-state index contributed by atoms with van der Waals surface area (Å²) in [5.74, 6) is -1.01. The average Bonchev–Trinajstić information content (AvgIpc) is 2.18. The first kappa shape index (κ1) is 10.5. The second-order valence-corrected chi connectivity index (χ2v) is 2.95. The number of hydrogen-bond acceptors (Lipinski definition) is 4. The molecule has 3 N–H and O–H groups in total. The largest absolute Gasteiger partial charge is 0.478 e. The number of carboxylic acids is 1. The number of nitrogens with zero attached hydrogens (tertiary/aromatic N) is 1. The van der Waals surface area contributed by atoms with Crippen LogP contribution in [0.15, 0.2) is 18.5 Å². The number of pyridine rings is 1. The van der Waals surface area contributed by atoms with Gasteiger partial charge in [0.05, 0.1) is 24.1 Å². The summed E-state index contributed by atoms with van der Waals surface area (Å²) in [5.41, 5.74) is 0.571. The fourth-order valence-electron chi connectivity index (χ4n) is 1.01. The van der Waals surface area contributed by atoms with Crippen LogP contribution in [0.2, 0.25) is 0 Å². The van der Waals surface area contributed by atoms with E-state index in [1.165, 1.54) is 18.5 Å². The Hall–Kier alpha value is -1.62. The quantitative estimate of drug-likeness (QED) is 0.655. The molecule has 0 aromatic carbocycles. The zero-order valence-corrected chi connectivity index (χ0v) is 7.77. The van der Waals surface area contributed by atoms with Crippen LogP contribution >= 0.6 is 0 Å². The van der Waals surface area contributed by atoms with Gasteiger partial charge in [-0.2, -0.15) is 0 Å². The molecule has 0 aliphatic heterocycles. The van der Waals surface area contributed by atoms with Crippen molar-refractivity contribution in [2.45, 2.75) is 13.0 Å². The van der Waals surface area contributed by atoms with Gasteiger partial charge in [-0.3, -0.25) is 4.98 Å². The maximum absolute atomic E-state index is 10.8. The predicted octanol–water partition coefficient (Wildman–Crippen LogP) is 0.573. The molecule has 1 atom stereocenters. The van der Waals surface area contributed by atoms with Gasteiger partial charge in [0, 0.05) is 12.2 Å². The third-order valence-electron chi connectivity index (χ3n) is 1.73. The number of nitrogens with one attached hydrogen (secondary N) is 1. The smallest absolute Gasteiger partial charge is 0.337 e.